The zero-order valence-corrected chi connectivity index (χ0v) is 29.2. The lowest BCUT2D eigenvalue weighted by atomic mass is 9.83. The third kappa shape index (κ3) is 9.68. The van der Waals surface area contributed by atoms with Gasteiger partial charge in [0.2, 0.25) is 0 Å². The number of phosphoric ester groups is 1. The largest absolute Gasteiger partial charge is 0.497 e. The minimum absolute atomic E-state index is 0.0909. The maximum absolute atomic E-state index is 13.2. The first-order chi connectivity index (χ1) is 22.5. The van der Waals surface area contributed by atoms with Gasteiger partial charge in [-0.05, 0) is 24.5 Å². The van der Waals surface area contributed by atoms with Gasteiger partial charge in [-0.15, -0.1) is 0 Å². The van der Waals surface area contributed by atoms with Gasteiger partial charge in [-0.25, -0.2) is 18.7 Å². The summed E-state index contributed by atoms with van der Waals surface area (Å²) in [5.74, 6) is 0.595. The van der Waals surface area contributed by atoms with E-state index >= 15 is 0 Å². The monoisotopic (exact) mass is 756 g/mol. The Labute approximate surface area is 277 Å². The highest BCUT2D eigenvalue weighted by molar-refractivity contribution is 7.66. The van der Waals surface area contributed by atoms with E-state index in [1.165, 1.54) is 43.0 Å². The van der Waals surface area contributed by atoms with E-state index in [9.17, 15) is 43.5 Å². The van der Waals surface area contributed by atoms with Crippen molar-refractivity contribution in [2.24, 2.45) is 5.41 Å². The topological polar surface area (TPSA) is 302 Å². The van der Waals surface area contributed by atoms with Crippen molar-refractivity contribution in [1.29, 1.82) is 0 Å². The van der Waals surface area contributed by atoms with Gasteiger partial charge in [0.05, 0.1) is 48.4 Å². The van der Waals surface area contributed by atoms with Gasteiger partial charge in [0.25, 0.3) is 11.2 Å². The van der Waals surface area contributed by atoms with Crippen LogP contribution in [-0.4, -0.2) is 70.1 Å². The molecule has 0 bridgehead atoms. The van der Waals surface area contributed by atoms with E-state index in [1.807, 2.05) is 20.8 Å². The first-order valence-corrected chi connectivity index (χ1v) is 18.7. The van der Waals surface area contributed by atoms with Gasteiger partial charge in [0.1, 0.15) is 29.6 Å². The fourth-order valence-electron chi connectivity index (χ4n) is 5.19. The molecule has 1 aliphatic heterocycles. The highest BCUT2D eigenvalue weighted by Crippen LogP contribution is 2.66. The minimum Gasteiger partial charge on any atom is -0.497 e. The van der Waals surface area contributed by atoms with E-state index in [2.05, 4.69) is 23.1 Å². The Morgan fingerprint density at radius 1 is 1.16 bits per heavy atom. The average molecular weight is 756 g/mol. The molecule has 0 aliphatic carbocycles. The van der Waals surface area contributed by atoms with Crippen molar-refractivity contribution in [3.63, 3.8) is 0 Å². The van der Waals surface area contributed by atoms with Crippen LogP contribution in [0.3, 0.4) is 0 Å². The van der Waals surface area contributed by atoms with Crippen LogP contribution in [0, 0.1) is 22.5 Å². The second-order valence-electron chi connectivity index (χ2n) is 12.0. The number of aromatic nitrogens is 3. The van der Waals surface area contributed by atoms with Crippen LogP contribution in [0.5, 0.6) is 5.75 Å². The number of H-pyrrole nitrogens is 1. The number of ether oxygens (including phenoxy) is 3. The Morgan fingerprint density at radius 3 is 2.43 bits per heavy atom. The van der Waals surface area contributed by atoms with Gasteiger partial charge in [-0.2, -0.15) is 8.62 Å². The Bertz CT molecular complexity index is 1920. The molecule has 0 radical (unpaired) electrons. The Balaban J connectivity index is 1.60. The molecule has 3 heterocycles. The molecule has 1 fully saturated rings. The molecule has 1 saturated heterocycles. The molecular formula is C25H35N4O17P3. The Hall–Kier alpha value is -2.87. The second-order valence-corrected chi connectivity index (χ2v) is 16.4. The summed E-state index contributed by atoms with van der Waals surface area (Å²) in [6, 6.07) is 4.27. The molecule has 4 unspecified atom stereocenters. The molecule has 4 rings (SSSR count). The number of nitrogens with one attached hydrogen (secondary N) is 1. The van der Waals surface area contributed by atoms with Crippen molar-refractivity contribution in [2.75, 3.05) is 13.7 Å². The second kappa shape index (κ2) is 14.4. The Kier molecular flexibility index (Phi) is 11.4. The van der Waals surface area contributed by atoms with E-state index in [1.54, 1.807) is 0 Å². The van der Waals surface area contributed by atoms with E-state index in [4.69, 9.17) is 24.0 Å². The number of fused-ring (bicyclic) bond motifs is 1. The molecule has 24 heteroatoms. The van der Waals surface area contributed by atoms with E-state index < -0.39 is 70.5 Å². The molecule has 272 valence electrons. The van der Waals surface area contributed by atoms with E-state index in [0.717, 1.165) is 0 Å². The number of aromatic amines is 1. The lowest BCUT2D eigenvalue weighted by molar-refractivity contribution is -0.386. The average Bonchev–Trinajstić information content (AvgIpc) is 3.48. The highest BCUT2D eigenvalue weighted by Gasteiger charge is 2.43. The maximum atomic E-state index is 13.2. The zero-order chi connectivity index (χ0) is 36.7. The summed E-state index contributed by atoms with van der Waals surface area (Å²) in [7, 11) is -15.4. The van der Waals surface area contributed by atoms with Crippen LogP contribution >= 0.6 is 23.5 Å². The van der Waals surface area contributed by atoms with Gasteiger partial charge in [-0.3, -0.25) is 19.4 Å². The number of benzene rings is 1. The first kappa shape index (κ1) is 38.9. The number of hydrogen-bond acceptors (Lipinski definition) is 14. The molecule has 0 spiro atoms. The zero-order valence-electron chi connectivity index (χ0n) is 26.6. The lowest BCUT2D eigenvalue weighted by Gasteiger charge is -2.31. The summed E-state index contributed by atoms with van der Waals surface area (Å²) in [5, 5.41) is 22.7. The first-order valence-electron chi connectivity index (χ1n) is 14.2. The van der Waals surface area contributed by atoms with Crippen molar-refractivity contribution in [3.05, 3.63) is 61.8 Å². The van der Waals surface area contributed by atoms with Crippen molar-refractivity contribution >= 4 is 40.2 Å². The lowest BCUT2D eigenvalue weighted by Crippen LogP contribution is -2.26. The van der Waals surface area contributed by atoms with Crippen molar-refractivity contribution in [2.45, 2.75) is 65.3 Å². The summed E-state index contributed by atoms with van der Waals surface area (Å²) >= 11 is 0. The normalized spacial score (nSPS) is 21.7. The van der Waals surface area contributed by atoms with Crippen LogP contribution in [0.15, 0.2) is 29.2 Å². The van der Waals surface area contributed by atoms with Crippen LogP contribution in [-0.2, 0) is 42.9 Å². The summed E-state index contributed by atoms with van der Waals surface area (Å²) < 4.78 is 65.4. The number of aliphatic hydroxyl groups excluding tert-OH is 1. The molecule has 1 aromatic carbocycles. The molecule has 21 nitrogen and oxygen atoms in total. The number of nitro benzene ring substituents is 1. The van der Waals surface area contributed by atoms with Crippen LogP contribution in [0.2, 0.25) is 0 Å². The number of nitrogens with zero attached hydrogens (tertiary/aromatic N) is 3. The SMILES string of the molecule is COc1ccc([N+](=O)[O-])c(C(OCc2cn([C@H]3CC(O)[C@@H](COP(=O)(O)OP(=O)(O)OP(=O)(O)O)O3)c3nc(C)[nH]c(=O)c23)C(C)(C)C)c1. The number of aryl methyl sites for hydroxylation is 1. The number of rotatable bonds is 14. The molecule has 0 saturated carbocycles. The minimum atomic E-state index is -5.76. The molecule has 6 atom stereocenters. The number of methoxy groups -OCH3 is 1. The van der Waals surface area contributed by atoms with Gasteiger partial charge in [0, 0.05) is 24.2 Å². The van der Waals surface area contributed by atoms with Crippen LogP contribution in [0.25, 0.3) is 11.0 Å². The number of phosphoric acid groups is 3. The smallest absolute Gasteiger partial charge is 0.490 e. The van der Waals surface area contributed by atoms with Crippen molar-refractivity contribution in [1.82, 2.24) is 14.5 Å². The molecule has 1 aliphatic rings. The summed E-state index contributed by atoms with van der Waals surface area (Å²) in [6.45, 7) is 5.84. The predicted octanol–water partition coefficient (Wildman–Crippen LogP) is 3.25. The van der Waals surface area contributed by atoms with Crippen LogP contribution in [0.4, 0.5) is 5.69 Å². The van der Waals surface area contributed by atoms with Gasteiger partial charge < -0.3 is 48.4 Å². The van der Waals surface area contributed by atoms with E-state index in [0.29, 0.717) is 11.3 Å². The number of hydrogen-bond donors (Lipinski definition) is 6. The third-order valence-corrected chi connectivity index (χ3v) is 10.9. The summed E-state index contributed by atoms with van der Waals surface area (Å²) in [6.07, 6.45) is -3.32. The van der Waals surface area contributed by atoms with Crippen molar-refractivity contribution in [3.8, 4) is 5.75 Å². The quantitative estimate of drug-likeness (QED) is 0.0781. The highest BCUT2D eigenvalue weighted by atomic mass is 31.3. The molecule has 6 N–H and O–H groups in total. The molecule has 0 amide bonds. The van der Waals surface area contributed by atoms with Gasteiger partial charge in [0.15, 0.2) is 0 Å². The molecule has 49 heavy (non-hydrogen) atoms. The molecule has 3 aromatic rings. The molecular weight excluding hydrogens is 721 g/mol. The van der Waals surface area contributed by atoms with Crippen LogP contribution < -0.4 is 10.3 Å². The van der Waals surface area contributed by atoms with Crippen LogP contribution in [0.1, 0.15) is 56.5 Å². The van der Waals surface area contributed by atoms with Gasteiger partial charge >= 0.3 is 23.5 Å². The van der Waals surface area contributed by atoms with E-state index in [-0.39, 0.29) is 41.1 Å². The fraction of sp³-hybridized carbons (Fsp3) is 0.520. The Morgan fingerprint density at radius 2 is 1.84 bits per heavy atom. The standard InChI is InChI=1S/C25H35N4O17P3/c1-13-26-23-21(24(31)27-13)14(11-42-22(25(2,3)4)16-8-15(41-5)6-7-17(16)29(32)33)10-28(23)20-9-18(30)19(44-20)12-43-48(37,38)46-49(39,40)45-47(34,35)36/h6-8,10,18-20,22,30H,9,11-12H2,1-5H3,(H,37,38)(H,39,40)(H,26,27,31)(H2,34,35,36)/t18?,19-,20-,22?/m1/s1. The predicted molar refractivity (Wildman–Crippen MR) is 166 cm³/mol. The maximum Gasteiger partial charge on any atom is 0.490 e. The summed E-state index contributed by atoms with van der Waals surface area (Å²) in [4.78, 5) is 68.1. The van der Waals surface area contributed by atoms with Gasteiger partial charge in [-0.1, -0.05) is 20.8 Å². The summed E-state index contributed by atoms with van der Waals surface area (Å²) in [5.41, 5.74) is -0.770. The number of aliphatic hydroxyl groups is 1. The molecule has 2 aromatic heterocycles. The third-order valence-electron chi connectivity index (χ3n) is 7.12. The van der Waals surface area contributed by atoms with Crippen molar-refractivity contribution < 1.29 is 70.7 Å². The number of nitro groups is 1. The fourth-order valence-corrected chi connectivity index (χ4v) is 8.22.